The van der Waals surface area contributed by atoms with E-state index in [0.29, 0.717) is 25.6 Å². The molecule has 2 rings (SSSR count). The van der Waals surface area contributed by atoms with Gasteiger partial charge in [-0.2, -0.15) is 0 Å². The minimum atomic E-state index is -2.79. The molecule has 2 aliphatic heterocycles. The van der Waals surface area contributed by atoms with Crippen LogP contribution < -0.4 is 5.73 Å². The fraction of sp³-hybridized carbons (Fsp3) is 0.923. The molecule has 6 nitrogen and oxygen atoms in total. The molecule has 0 bridgehead atoms. The van der Waals surface area contributed by atoms with E-state index in [1.54, 1.807) is 0 Å². The van der Waals surface area contributed by atoms with E-state index in [1.807, 2.05) is 0 Å². The van der Waals surface area contributed by atoms with E-state index < -0.39 is 9.84 Å². The summed E-state index contributed by atoms with van der Waals surface area (Å²) >= 11 is 0. The van der Waals surface area contributed by atoms with E-state index in [4.69, 9.17) is 5.73 Å². The monoisotopic (exact) mass is 430 g/mol. The fourth-order valence-electron chi connectivity index (χ4n) is 2.62. The SMILES string of the molecule is CC1CCN(C(N)=NCCN2CCS(=O)(=O)CC2)CC1.I. The maximum atomic E-state index is 11.3. The first kappa shape index (κ1) is 19.0. The minimum Gasteiger partial charge on any atom is -0.370 e. The van der Waals surface area contributed by atoms with Gasteiger partial charge in [-0.15, -0.1) is 24.0 Å². The fourth-order valence-corrected chi connectivity index (χ4v) is 3.89. The normalized spacial score (nSPS) is 24.6. The molecule has 0 aromatic heterocycles. The van der Waals surface area contributed by atoms with Gasteiger partial charge in [-0.25, -0.2) is 8.42 Å². The Morgan fingerprint density at radius 1 is 1.19 bits per heavy atom. The number of hydrogen-bond donors (Lipinski definition) is 1. The molecule has 0 atom stereocenters. The molecule has 21 heavy (non-hydrogen) atoms. The summed E-state index contributed by atoms with van der Waals surface area (Å²) < 4.78 is 22.7. The highest BCUT2D eigenvalue weighted by molar-refractivity contribution is 14.0. The standard InChI is InChI=1S/C13H26N4O2S.HI/c1-12-2-5-17(6-3-12)13(14)15-4-7-16-8-10-20(18,19)11-9-16;/h12H,2-11H2,1H3,(H2,14,15);1H. The molecule has 0 aliphatic carbocycles. The van der Waals surface area contributed by atoms with Gasteiger partial charge in [0.15, 0.2) is 15.8 Å². The lowest BCUT2D eigenvalue weighted by atomic mass is 10.00. The number of aliphatic imine (C=N–C) groups is 1. The van der Waals surface area contributed by atoms with E-state index in [2.05, 4.69) is 21.7 Å². The van der Waals surface area contributed by atoms with Crippen LogP contribution in [0.3, 0.4) is 0 Å². The van der Waals surface area contributed by atoms with E-state index >= 15 is 0 Å². The molecule has 0 spiro atoms. The van der Waals surface area contributed by atoms with Crippen molar-refractivity contribution >= 4 is 39.8 Å². The Labute approximate surface area is 145 Å². The van der Waals surface area contributed by atoms with Crippen LogP contribution in [0.15, 0.2) is 4.99 Å². The average molecular weight is 430 g/mol. The number of rotatable bonds is 3. The number of guanidine groups is 1. The summed E-state index contributed by atoms with van der Waals surface area (Å²) in [5, 5.41) is 0. The Balaban J connectivity index is 0.00000220. The summed E-state index contributed by atoms with van der Waals surface area (Å²) in [6.45, 7) is 6.96. The molecular formula is C13H27IN4O2S. The number of nitrogens with two attached hydrogens (primary N) is 1. The van der Waals surface area contributed by atoms with Gasteiger partial charge in [-0.1, -0.05) is 6.92 Å². The molecule has 0 radical (unpaired) electrons. The highest BCUT2D eigenvalue weighted by Gasteiger charge is 2.21. The van der Waals surface area contributed by atoms with E-state index in [1.165, 1.54) is 12.8 Å². The average Bonchev–Trinajstić information content (AvgIpc) is 2.41. The van der Waals surface area contributed by atoms with Crippen LogP contribution in [0.5, 0.6) is 0 Å². The lowest BCUT2D eigenvalue weighted by molar-refractivity contribution is 0.275. The predicted molar refractivity (Wildman–Crippen MR) is 97.0 cm³/mol. The maximum Gasteiger partial charge on any atom is 0.191 e. The van der Waals surface area contributed by atoms with Crippen molar-refractivity contribution in [3.63, 3.8) is 0 Å². The summed E-state index contributed by atoms with van der Waals surface area (Å²) in [4.78, 5) is 8.73. The van der Waals surface area contributed by atoms with E-state index in [-0.39, 0.29) is 35.5 Å². The molecule has 0 saturated carbocycles. The van der Waals surface area contributed by atoms with Crippen molar-refractivity contribution in [2.75, 3.05) is 50.8 Å². The Morgan fingerprint density at radius 3 is 2.33 bits per heavy atom. The van der Waals surface area contributed by atoms with Gasteiger partial charge in [0.2, 0.25) is 0 Å². The lowest BCUT2D eigenvalue weighted by Crippen LogP contribution is -2.44. The Kier molecular flexibility index (Phi) is 7.69. The van der Waals surface area contributed by atoms with Crippen molar-refractivity contribution < 1.29 is 8.42 Å². The Morgan fingerprint density at radius 2 is 1.76 bits per heavy atom. The van der Waals surface area contributed by atoms with Gasteiger partial charge >= 0.3 is 0 Å². The Hall–Kier alpha value is -0.0900. The molecular weight excluding hydrogens is 403 g/mol. The van der Waals surface area contributed by atoms with E-state index in [9.17, 15) is 8.42 Å². The number of nitrogens with zero attached hydrogens (tertiary/aromatic N) is 3. The minimum absolute atomic E-state index is 0. The molecule has 8 heteroatoms. The van der Waals surface area contributed by atoms with Gasteiger partial charge in [-0.3, -0.25) is 9.89 Å². The smallest absolute Gasteiger partial charge is 0.191 e. The molecule has 0 amide bonds. The number of sulfone groups is 1. The van der Waals surface area contributed by atoms with Crippen molar-refractivity contribution in [3.8, 4) is 0 Å². The van der Waals surface area contributed by atoms with Crippen LogP contribution in [0.4, 0.5) is 0 Å². The third-order valence-electron chi connectivity index (χ3n) is 4.23. The second-order valence-electron chi connectivity index (χ2n) is 5.90. The van der Waals surface area contributed by atoms with Crippen LogP contribution in [0.1, 0.15) is 19.8 Å². The maximum absolute atomic E-state index is 11.3. The second-order valence-corrected chi connectivity index (χ2v) is 8.21. The quantitative estimate of drug-likeness (QED) is 0.398. The molecule has 124 valence electrons. The van der Waals surface area contributed by atoms with Crippen LogP contribution in [0.25, 0.3) is 0 Å². The Bertz CT molecular complexity index is 433. The summed E-state index contributed by atoms with van der Waals surface area (Å²) in [6, 6.07) is 0. The molecule has 2 N–H and O–H groups in total. The van der Waals surface area contributed by atoms with E-state index in [0.717, 1.165) is 25.6 Å². The molecule has 0 aromatic carbocycles. The van der Waals surface area contributed by atoms with Crippen LogP contribution in [-0.2, 0) is 9.84 Å². The van der Waals surface area contributed by atoms with Gasteiger partial charge in [0, 0.05) is 32.7 Å². The summed E-state index contributed by atoms with van der Waals surface area (Å²) in [6.07, 6.45) is 2.36. The summed E-state index contributed by atoms with van der Waals surface area (Å²) in [5.41, 5.74) is 6.01. The largest absolute Gasteiger partial charge is 0.370 e. The van der Waals surface area contributed by atoms with Crippen molar-refractivity contribution in [3.05, 3.63) is 0 Å². The number of hydrogen-bond acceptors (Lipinski definition) is 4. The van der Waals surface area contributed by atoms with Crippen molar-refractivity contribution in [1.29, 1.82) is 0 Å². The molecule has 0 unspecified atom stereocenters. The summed E-state index contributed by atoms with van der Waals surface area (Å²) in [5.74, 6) is 1.97. The third-order valence-corrected chi connectivity index (χ3v) is 5.84. The van der Waals surface area contributed by atoms with Gasteiger partial charge in [0.1, 0.15) is 0 Å². The van der Waals surface area contributed by atoms with Crippen molar-refractivity contribution in [2.24, 2.45) is 16.6 Å². The first-order chi connectivity index (χ1) is 9.46. The number of piperidine rings is 1. The van der Waals surface area contributed by atoms with Crippen molar-refractivity contribution in [2.45, 2.75) is 19.8 Å². The first-order valence-corrected chi connectivity index (χ1v) is 9.26. The summed E-state index contributed by atoms with van der Waals surface area (Å²) in [7, 11) is -2.79. The highest BCUT2D eigenvalue weighted by Crippen LogP contribution is 2.15. The molecule has 2 saturated heterocycles. The third kappa shape index (κ3) is 6.27. The molecule has 0 aromatic rings. The van der Waals surface area contributed by atoms with Crippen LogP contribution in [0, 0.1) is 5.92 Å². The van der Waals surface area contributed by atoms with Crippen LogP contribution in [-0.4, -0.2) is 75.0 Å². The zero-order chi connectivity index (χ0) is 14.6. The zero-order valence-corrected chi connectivity index (χ0v) is 15.8. The van der Waals surface area contributed by atoms with Gasteiger partial charge in [0.05, 0.1) is 18.1 Å². The molecule has 2 aliphatic rings. The zero-order valence-electron chi connectivity index (χ0n) is 12.7. The van der Waals surface area contributed by atoms with Gasteiger partial charge < -0.3 is 10.6 Å². The molecule has 2 fully saturated rings. The molecule has 2 heterocycles. The number of halogens is 1. The predicted octanol–water partition coefficient (Wildman–Crippen LogP) is 0.381. The topological polar surface area (TPSA) is 79.0 Å². The highest BCUT2D eigenvalue weighted by atomic mass is 127. The van der Waals surface area contributed by atoms with Crippen molar-refractivity contribution in [1.82, 2.24) is 9.80 Å². The number of likely N-dealkylation sites (tertiary alicyclic amines) is 1. The second kappa shape index (κ2) is 8.52. The first-order valence-electron chi connectivity index (χ1n) is 7.44. The van der Waals surface area contributed by atoms with Crippen LogP contribution in [0.2, 0.25) is 0 Å². The van der Waals surface area contributed by atoms with Gasteiger partial charge in [0.25, 0.3) is 0 Å². The lowest BCUT2D eigenvalue weighted by Gasteiger charge is -2.31. The van der Waals surface area contributed by atoms with Gasteiger partial charge in [-0.05, 0) is 18.8 Å². The van der Waals surface area contributed by atoms with Crippen LogP contribution >= 0.6 is 24.0 Å².